The molecule has 36 heavy (non-hydrogen) atoms. The minimum absolute atomic E-state index is 0.0896. The van der Waals surface area contributed by atoms with Crippen LogP contribution in [0.15, 0.2) is 0 Å². The molecule has 10 unspecified atom stereocenters. The Morgan fingerprint density at radius 2 is 1.44 bits per heavy atom. The average molecular weight is 501 g/mol. The first-order valence-corrected chi connectivity index (χ1v) is 15.6. The third-order valence-electron chi connectivity index (χ3n) is 14.2. The Morgan fingerprint density at radius 3 is 2.14 bits per heavy atom. The van der Waals surface area contributed by atoms with Gasteiger partial charge in [0.05, 0.1) is 17.8 Å². The highest BCUT2D eigenvalue weighted by atomic mass is 16.7. The van der Waals surface area contributed by atoms with E-state index in [1.807, 2.05) is 0 Å². The van der Waals surface area contributed by atoms with Gasteiger partial charge in [0, 0.05) is 6.42 Å². The lowest BCUT2D eigenvalue weighted by atomic mass is 9.41. The summed E-state index contributed by atoms with van der Waals surface area (Å²) in [5.41, 5.74) is 2.01. The number of fused-ring (bicyclic) bond motifs is 2. The molecule has 6 rings (SSSR count). The molecule has 3 heteroatoms. The van der Waals surface area contributed by atoms with Crippen molar-refractivity contribution in [1.82, 2.24) is 0 Å². The summed E-state index contributed by atoms with van der Waals surface area (Å²) in [6.07, 6.45) is 14.6. The second-order valence-electron chi connectivity index (χ2n) is 16.9. The molecule has 2 spiro atoms. The van der Waals surface area contributed by atoms with Crippen LogP contribution < -0.4 is 0 Å². The van der Waals surface area contributed by atoms with Crippen LogP contribution in [0, 0.1) is 50.7 Å². The number of hydrogen-bond donors (Lipinski definition) is 1. The Bertz CT molecular complexity index is 891. The number of aliphatic hydroxyl groups excluding tert-OH is 1. The van der Waals surface area contributed by atoms with Gasteiger partial charge >= 0.3 is 0 Å². The quantitative estimate of drug-likeness (QED) is 0.425. The van der Waals surface area contributed by atoms with Gasteiger partial charge in [-0.3, -0.25) is 0 Å². The average Bonchev–Trinajstić information content (AvgIpc) is 3.31. The first kappa shape index (κ1) is 26.1. The van der Waals surface area contributed by atoms with Gasteiger partial charge < -0.3 is 14.6 Å². The van der Waals surface area contributed by atoms with E-state index in [4.69, 9.17) is 9.47 Å². The zero-order valence-electron chi connectivity index (χ0n) is 25.0. The lowest BCUT2D eigenvalue weighted by Gasteiger charge is -2.63. The highest BCUT2D eigenvalue weighted by Crippen LogP contribution is 2.89. The maximum atomic E-state index is 10.9. The van der Waals surface area contributed by atoms with E-state index < -0.39 is 5.79 Å². The van der Waals surface area contributed by atoms with Gasteiger partial charge in [0.1, 0.15) is 0 Å². The molecule has 5 aliphatic carbocycles. The Kier molecular flexibility index (Phi) is 5.47. The van der Waals surface area contributed by atoms with Gasteiger partial charge in [-0.2, -0.15) is 0 Å². The van der Waals surface area contributed by atoms with Gasteiger partial charge in [-0.05, 0) is 143 Å². The van der Waals surface area contributed by atoms with Crippen molar-refractivity contribution in [1.29, 1.82) is 0 Å². The number of hydrogen-bond acceptors (Lipinski definition) is 3. The van der Waals surface area contributed by atoms with Gasteiger partial charge in [0.2, 0.25) is 0 Å². The molecule has 1 saturated heterocycles. The molecule has 6 fully saturated rings. The van der Waals surface area contributed by atoms with Crippen LogP contribution >= 0.6 is 0 Å². The molecule has 0 aromatic rings. The Morgan fingerprint density at radius 1 is 0.778 bits per heavy atom. The molecular weight excluding hydrogens is 444 g/mol. The molecule has 0 aromatic carbocycles. The Hall–Kier alpha value is -0.120. The highest BCUT2D eigenvalue weighted by Gasteiger charge is 2.82. The van der Waals surface area contributed by atoms with E-state index in [9.17, 15) is 5.11 Å². The maximum Gasteiger partial charge on any atom is 0.163 e. The van der Waals surface area contributed by atoms with E-state index in [2.05, 4.69) is 62.3 Å². The maximum absolute atomic E-state index is 10.9. The van der Waals surface area contributed by atoms with Crippen LogP contribution in [0.1, 0.15) is 133 Å². The predicted octanol–water partition coefficient (Wildman–Crippen LogP) is 8.13. The summed E-state index contributed by atoms with van der Waals surface area (Å²) in [4.78, 5) is 0. The number of aliphatic hydroxyl groups is 1. The van der Waals surface area contributed by atoms with Crippen LogP contribution in [0.2, 0.25) is 0 Å². The zero-order chi connectivity index (χ0) is 26.2. The second kappa shape index (κ2) is 7.54. The summed E-state index contributed by atoms with van der Waals surface area (Å²) in [5.74, 6) is 2.62. The first-order valence-electron chi connectivity index (χ1n) is 15.6. The third kappa shape index (κ3) is 3.27. The Labute approximate surface area is 221 Å². The highest BCUT2D eigenvalue weighted by molar-refractivity contribution is 5.30. The lowest BCUT2D eigenvalue weighted by molar-refractivity contribution is -0.327. The van der Waals surface area contributed by atoms with Crippen LogP contribution in [-0.2, 0) is 9.47 Å². The predicted molar refractivity (Wildman–Crippen MR) is 145 cm³/mol. The Balaban J connectivity index is 1.23. The van der Waals surface area contributed by atoms with E-state index in [0.29, 0.717) is 33.7 Å². The van der Waals surface area contributed by atoms with Crippen molar-refractivity contribution in [2.24, 2.45) is 50.7 Å². The van der Waals surface area contributed by atoms with E-state index in [0.717, 1.165) is 30.6 Å². The molecule has 3 nitrogen and oxygen atoms in total. The minimum atomic E-state index is -0.488. The van der Waals surface area contributed by atoms with Crippen molar-refractivity contribution in [3.63, 3.8) is 0 Å². The summed E-state index contributed by atoms with van der Waals surface area (Å²) >= 11 is 0. The topological polar surface area (TPSA) is 38.7 Å². The summed E-state index contributed by atoms with van der Waals surface area (Å²) in [6.45, 7) is 21.4. The minimum Gasteiger partial charge on any atom is -0.393 e. The number of rotatable bonds is 3. The molecule has 10 atom stereocenters. The molecule has 0 aromatic heterocycles. The summed E-state index contributed by atoms with van der Waals surface area (Å²) in [6, 6.07) is 0. The van der Waals surface area contributed by atoms with Gasteiger partial charge in [-0.15, -0.1) is 0 Å². The molecule has 1 aliphatic heterocycles. The molecular formula is C33H56O3. The third-order valence-corrected chi connectivity index (χ3v) is 14.2. The van der Waals surface area contributed by atoms with E-state index in [1.54, 1.807) is 0 Å². The van der Waals surface area contributed by atoms with Gasteiger partial charge in [-0.25, -0.2) is 0 Å². The molecule has 206 valence electrons. The molecule has 0 bridgehead atoms. The van der Waals surface area contributed by atoms with Crippen molar-refractivity contribution in [3.05, 3.63) is 0 Å². The van der Waals surface area contributed by atoms with Crippen molar-refractivity contribution in [2.45, 2.75) is 157 Å². The molecule has 1 heterocycles. The van der Waals surface area contributed by atoms with Crippen molar-refractivity contribution in [3.8, 4) is 0 Å². The largest absolute Gasteiger partial charge is 0.393 e. The fourth-order valence-electron chi connectivity index (χ4n) is 12.7. The van der Waals surface area contributed by atoms with Crippen molar-refractivity contribution >= 4 is 0 Å². The second-order valence-corrected chi connectivity index (χ2v) is 16.9. The van der Waals surface area contributed by atoms with Gasteiger partial charge in [0.25, 0.3) is 0 Å². The van der Waals surface area contributed by atoms with Crippen LogP contribution in [0.25, 0.3) is 0 Å². The van der Waals surface area contributed by atoms with Gasteiger partial charge in [-0.1, -0.05) is 34.6 Å². The van der Waals surface area contributed by atoms with Crippen LogP contribution in [0.5, 0.6) is 0 Å². The van der Waals surface area contributed by atoms with Crippen molar-refractivity contribution < 1.29 is 14.6 Å². The van der Waals surface area contributed by atoms with E-state index >= 15 is 0 Å². The lowest BCUT2D eigenvalue weighted by Crippen LogP contribution is -2.57. The summed E-state index contributed by atoms with van der Waals surface area (Å²) in [7, 11) is 0. The number of ether oxygens (including phenoxy) is 2. The smallest absolute Gasteiger partial charge is 0.163 e. The van der Waals surface area contributed by atoms with Crippen LogP contribution in [-0.4, -0.2) is 28.7 Å². The van der Waals surface area contributed by atoms with Crippen LogP contribution in [0.3, 0.4) is 0 Å². The van der Waals surface area contributed by atoms with Crippen molar-refractivity contribution in [2.75, 3.05) is 0 Å². The standard InChI is InChI=1S/C33H56O3/c1-21(18-22-19-27(2,3)36-29(6,7)35-22)23-12-14-31(9)25-11-10-24-28(4,5)26(34)13-15-32(24)20-33(25,32)17-16-30(23,31)8/h21-26,34H,10-20H2,1-9H3. The van der Waals surface area contributed by atoms with E-state index in [-0.39, 0.29) is 17.1 Å². The summed E-state index contributed by atoms with van der Waals surface area (Å²) in [5, 5.41) is 10.9. The fourth-order valence-corrected chi connectivity index (χ4v) is 12.7. The monoisotopic (exact) mass is 500 g/mol. The molecule has 0 amide bonds. The SMILES string of the molecule is CC(CC1CC(C)(C)OC(C)(C)O1)C1CCC2(C)C3CCC4C(C)(C)C(O)CCC45CC35CCC12C. The van der Waals surface area contributed by atoms with E-state index in [1.165, 1.54) is 57.8 Å². The molecule has 1 N–H and O–H groups in total. The zero-order valence-corrected chi connectivity index (χ0v) is 25.0. The first-order chi connectivity index (χ1) is 16.5. The molecule has 5 saturated carbocycles. The molecule has 6 aliphatic rings. The normalized spacial score (nSPS) is 55.0. The summed E-state index contributed by atoms with van der Waals surface area (Å²) < 4.78 is 12.7. The molecule has 0 radical (unpaired) electrons. The fraction of sp³-hybridized carbons (Fsp3) is 1.00. The van der Waals surface area contributed by atoms with Crippen LogP contribution in [0.4, 0.5) is 0 Å². The van der Waals surface area contributed by atoms with Gasteiger partial charge in [0.15, 0.2) is 5.79 Å².